The second-order valence-corrected chi connectivity index (χ2v) is 7.01. The van der Waals surface area contributed by atoms with Crippen LogP contribution in [0.4, 0.5) is 10.2 Å². The monoisotopic (exact) mass is 406 g/mol. The fourth-order valence-corrected chi connectivity index (χ4v) is 3.61. The molecule has 2 heterocycles. The minimum absolute atomic E-state index is 0.261. The van der Waals surface area contributed by atoms with Crippen molar-refractivity contribution >= 4 is 16.7 Å². The number of ether oxygens (including phenoxy) is 1. The highest BCUT2D eigenvalue weighted by atomic mass is 19.1. The van der Waals surface area contributed by atoms with E-state index < -0.39 is 5.82 Å². The molecule has 0 atom stereocenters. The van der Waals surface area contributed by atoms with Gasteiger partial charge in [0.2, 0.25) is 0 Å². The highest BCUT2D eigenvalue weighted by molar-refractivity contribution is 5.87. The number of nitrogens with one attached hydrogen (secondary N) is 1. The average molecular weight is 406 g/mol. The van der Waals surface area contributed by atoms with Crippen LogP contribution in [0.1, 0.15) is 11.3 Å². The van der Waals surface area contributed by atoms with Gasteiger partial charge in [0.1, 0.15) is 23.7 Å². The third kappa shape index (κ3) is 3.84. The van der Waals surface area contributed by atoms with Gasteiger partial charge in [0.05, 0.1) is 24.9 Å². The van der Waals surface area contributed by atoms with Crippen molar-refractivity contribution < 1.29 is 14.2 Å². The Morgan fingerprint density at radius 2 is 2.00 bits per heavy atom. The summed E-state index contributed by atoms with van der Waals surface area (Å²) in [6.45, 7) is 3.16. The Balaban J connectivity index is 1.49. The summed E-state index contributed by atoms with van der Waals surface area (Å²) in [5, 5.41) is 13.5. The Morgan fingerprint density at radius 3 is 2.77 bits per heavy atom. The number of fused-ring (bicyclic) bond motifs is 1. The lowest BCUT2D eigenvalue weighted by molar-refractivity contribution is 0.276. The van der Waals surface area contributed by atoms with Crippen molar-refractivity contribution in [3.63, 3.8) is 0 Å². The van der Waals surface area contributed by atoms with Crippen LogP contribution in [0.15, 0.2) is 54.9 Å². The molecule has 4 rings (SSSR count). The lowest BCUT2D eigenvalue weighted by Crippen LogP contribution is -2.12. The normalized spacial score (nSPS) is 11.1. The zero-order chi connectivity index (χ0) is 21.1. The molecule has 0 spiro atoms. The Hall–Kier alpha value is -3.45. The number of benzene rings is 2. The van der Waals surface area contributed by atoms with E-state index >= 15 is 0 Å². The molecule has 2 aromatic carbocycles. The number of nitrogens with zero attached hydrogens (tertiary/aromatic N) is 3. The quantitative estimate of drug-likeness (QED) is 0.482. The average Bonchev–Trinajstić information content (AvgIpc) is 3.09. The smallest absolute Gasteiger partial charge is 0.130 e. The van der Waals surface area contributed by atoms with Crippen LogP contribution in [0.25, 0.3) is 22.2 Å². The van der Waals surface area contributed by atoms with E-state index in [0.29, 0.717) is 23.6 Å². The largest absolute Gasteiger partial charge is 0.496 e. The van der Waals surface area contributed by atoms with Crippen molar-refractivity contribution in [2.24, 2.45) is 0 Å². The van der Waals surface area contributed by atoms with Gasteiger partial charge in [-0.15, -0.1) is 0 Å². The summed E-state index contributed by atoms with van der Waals surface area (Å²) in [6, 6.07) is 14.6. The van der Waals surface area contributed by atoms with E-state index in [1.54, 1.807) is 25.3 Å². The summed E-state index contributed by atoms with van der Waals surface area (Å²) in [7, 11) is 1.68. The molecule has 0 aliphatic heterocycles. The predicted molar refractivity (Wildman–Crippen MR) is 115 cm³/mol. The summed E-state index contributed by atoms with van der Waals surface area (Å²) in [5.74, 6) is 1.08. The molecule has 0 saturated carbocycles. The van der Waals surface area contributed by atoms with Crippen molar-refractivity contribution in [3.05, 3.63) is 71.9 Å². The minimum Gasteiger partial charge on any atom is -0.496 e. The summed E-state index contributed by atoms with van der Waals surface area (Å²) < 4.78 is 21.7. The molecule has 0 bridgehead atoms. The van der Waals surface area contributed by atoms with Gasteiger partial charge in [-0.2, -0.15) is 0 Å². The standard InChI is InChI=1S/C23H23FN4O2/c1-15-10-18-21(4-3-5-22(18)30-2)28(15)9-8-25-23-12-20(26-14-27-23)16-6-7-17(13-29)19(24)11-16/h3-7,10-12,14,29H,8-9,13H2,1-2H3,(H,25,26,27). The van der Waals surface area contributed by atoms with Crippen LogP contribution in [0.2, 0.25) is 0 Å². The Morgan fingerprint density at radius 1 is 1.13 bits per heavy atom. The summed E-state index contributed by atoms with van der Waals surface area (Å²) in [4.78, 5) is 8.51. The van der Waals surface area contributed by atoms with E-state index in [2.05, 4.69) is 38.9 Å². The van der Waals surface area contributed by atoms with Gasteiger partial charge < -0.3 is 19.7 Å². The van der Waals surface area contributed by atoms with E-state index in [4.69, 9.17) is 9.84 Å². The zero-order valence-electron chi connectivity index (χ0n) is 16.9. The number of aliphatic hydroxyl groups is 1. The summed E-state index contributed by atoms with van der Waals surface area (Å²) >= 11 is 0. The molecule has 0 aliphatic carbocycles. The molecule has 154 valence electrons. The van der Waals surface area contributed by atoms with E-state index in [1.807, 2.05) is 12.1 Å². The van der Waals surface area contributed by atoms with Crippen LogP contribution in [0, 0.1) is 12.7 Å². The second kappa shape index (κ2) is 8.51. The molecule has 0 fully saturated rings. The van der Waals surface area contributed by atoms with Crippen LogP contribution >= 0.6 is 0 Å². The van der Waals surface area contributed by atoms with Crippen LogP contribution in [0.3, 0.4) is 0 Å². The predicted octanol–water partition coefficient (Wildman–Crippen LogP) is 4.16. The second-order valence-electron chi connectivity index (χ2n) is 7.01. The van der Waals surface area contributed by atoms with E-state index in [-0.39, 0.29) is 12.2 Å². The first-order valence-electron chi connectivity index (χ1n) is 9.69. The van der Waals surface area contributed by atoms with Gasteiger partial charge in [-0.3, -0.25) is 0 Å². The fourth-order valence-electron chi connectivity index (χ4n) is 3.61. The van der Waals surface area contributed by atoms with E-state index in [0.717, 1.165) is 28.9 Å². The molecular formula is C23H23FN4O2. The van der Waals surface area contributed by atoms with Crippen LogP contribution in [0.5, 0.6) is 5.75 Å². The van der Waals surface area contributed by atoms with Crippen LogP contribution in [-0.4, -0.2) is 33.3 Å². The third-order valence-corrected chi connectivity index (χ3v) is 5.16. The highest BCUT2D eigenvalue weighted by Gasteiger charge is 2.10. The van der Waals surface area contributed by atoms with Crippen LogP contribution in [-0.2, 0) is 13.2 Å². The van der Waals surface area contributed by atoms with Crippen molar-refractivity contribution in [1.82, 2.24) is 14.5 Å². The lowest BCUT2D eigenvalue weighted by Gasteiger charge is -2.11. The number of aryl methyl sites for hydroxylation is 1. The minimum atomic E-state index is -0.450. The first-order chi connectivity index (χ1) is 14.6. The number of anilines is 1. The maximum absolute atomic E-state index is 14.0. The number of hydrogen-bond acceptors (Lipinski definition) is 5. The maximum Gasteiger partial charge on any atom is 0.130 e. The highest BCUT2D eigenvalue weighted by Crippen LogP contribution is 2.28. The molecule has 0 aliphatic rings. The van der Waals surface area contributed by atoms with E-state index in [1.165, 1.54) is 12.4 Å². The van der Waals surface area contributed by atoms with Gasteiger partial charge in [0.25, 0.3) is 0 Å². The SMILES string of the molecule is COc1cccc2c1cc(C)n2CCNc1cc(-c2ccc(CO)c(F)c2)ncn1. The number of halogens is 1. The molecule has 30 heavy (non-hydrogen) atoms. The lowest BCUT2D eigenvalue weighted by atomic mass is 10.1. The number of aliphatic hydroxyl groups excluding tert-OH is 1. The summed E-state index contributed by atoms with van der Waals surface area (Å²) in [5.41, 5.74) is 3.78. The Bertz CT molecular complexity index is 1190. The van der Waals surface area contributed by atoms with Crippen molar-refractivity contribution in [1.29, 1.82) is 0 Å². The van der Waals surface area contributed by atoms with Gasteiger partial charge >= 0.3 is 0 Å². The molecule has 0 unspecified atom stereocenters. The number of methoxy groups -OCH3 is 1. The first kappa shape index (κ1) is 19.8. The van der Waals surface area contributed by atoms with Gasteiger partial charge in [0.15, 0.2) is 0 Å². The molecule has 2 N–H and O–H groups in total. The van der Waals surface area contributed by atoms with E-state index in [9.17, 15) is 4.39 Å². The van der Waals surface area contributed by atoms with Gasteiger partial charge in [-0.05, 0) is 31.2 Å². The Kier molecular flexibility index (Phi) is 5.63. The topological polar surface area (TPSA) is 72.2 Å². The van der Waals surface area contributed by atoms with Crippen LogP contribution < -0.4 is 10.1 Å². The van der Waals surface area contributed by atoms with Crippen molar-refractivity contribution in [2.75, 3.05) is 19.0 Å². The fraction of sp³-hybridized carbons (Fsp3) is 0.217. The number of aromatic nitrogens is 3. The molecule has 4 aromatic rings. The third-order valence-electron chi connectivity index (χ3n) is 5.16. The number of hydrogen-bond donors (Lipinski definition) is 2. The molecule has 0 radical (unpaired) electrons. The van der Waals surface area contributed by atoms with Crippen molar-refractivity contribution in [3.8, 4) is 17.0 Å². The van der Waals surface area contributed by atoms with Gasteiger partial charge in [-0.1, -0.05) is 18.2 Å². The molecule has 0 amide bonds. The van der Waals surface area contributed by atoms with Crippen molar-refractivity contribution in [2.45, 2.75) is 20.1 Å². The van der Waals surface area contributed by atoms with Gasteiger partial charge in [0, 0.05) is 41.4 Å². The molecule has 6 nitrogen and oxygen atoms in total. The number of rotatable bonds is 7. The molecular weight excluding hydrogens is 383 g/mol. The molecule has 7 heteroatoms. The summed E-state index contributed by atoms with van der Waals surface area (Å²) in [6.07, 6.45) is 1.46. The molecule has 2 aromatic heterocycles. The zero-order valence-corrected chi connectivity index (χ0v) is 16.9. The molecule has 0 saturated heterocycles. The maximum atomic E-state index is 14.0. The Labute approximate surface area is 174 Å². The first-order valence-corrected chi connectivity index (χ1v) is 9.69. The van der Waals surface area contributed by atoms with Gasteiger partial charge in [-0.25, -0.2) is 14.4 Å².